The van der Waals surface area contributed by atoms with E-state index >= 15 is 0 Å². The normalized spacial score (nSPS) is 11.0. The van der Waals surface area contributed by atoms with Gasteiger partial charge in [-0.25, -0.2) is 9.18 Å². The van der Waals surface area contributed by atoms with E-state index in [0.717, 1.165) is 6.07 Å². The molecule has 0 aliphatic rings. The molecule has 0 bridgehead atoms. The lowest BCUT2D eigenvalue weighted by atomic mass is 10.1. The van der Waals surface area contributed by atoms with Crippen LogP contribution in [0, 0.1) is 5.82 Å². The van der Waals surface area contributed by atoms with Crippen molar-refractivity contribution in [3.8, 4) is 0 Å². The summed E-state index contributed by atoms with van der Waals surface area (Å²) < 4.78 is 18.4. The molecule has 1 heterocycles. The molecule has 0 atom stereocenters. The van der Waals surface area contributed by atoms with Crippen molar-refractivity contribution in [1.82, 2.24) is 5.32 Å². The maximum Gasteiger partial charge on any atom is 0.344 e. The van der Waals surface area contributed by atoms with Gasteiger partial charge in [-0.15, -0.1) is 0 Å². The van der Waals surface area contributed by atoms with Crippen LogP contribution in [0.5, 0.6) is 0 Å². The van der Waals surface area contributed by atoms with E-state index in [4.69, 9.17) is 4.42 Å². The van der Waals surface area contributed by atoms with E-state index in [1.807, 2.05) is 6.92 Å². The van der Waals surface area contributed by atoms with Gasteiger partial charge in [0.05, 0.1) is 5.39 Å². The molecule has 21 heavy (non-hydrogen) atoms. The van der Waals surface area contributed by atoms with Gasteiger partial charge < -0.3 is 9.73 Å². The number of halogens is 1. The third kappa shape index (κ3) is 2.27. The molecule has 0 aliphatic heterocycles. The van der Waals surface area contributed by atoms with Crippen LogP contribution in [0.1, 0.15) is 17.3 Å². The van der Waals surface area contributed by atoms with Crippen molar-refractivity contribution >= 4 is 27.6 Å². The molecule has 5 heteroatoms. The third-order valence-electron chi connectivity index (χ3n) is 3.28. The lowest BCUT2D eigenvalue weighted by Gasteiger charge is -2.05. The van der Waals surface area contributed by atoms with Crippen LogP contribution in [-0.4, -0.2) is 12.5 Å². The van der Waals surface area contributed by atoms with Crippen LogP contribution in [0.3, 0.4) is 0 Å². The Bertz CT molecular complexity index is 914. The van der Waals surface area contributed by atoms with Gasteiger partial charge >= 0.3 is 5.63 Å². The van der Waals surface area contributed by atoms with Gasteiger partial charge in [0.15, 0.2) is 0 Å². The standard InChI is InChI=1S/C16H12FNO3/c1-2-18-15(19)9-3-5-12-11-6-4-10(17)8-13(11)16(20)21-14(12)7-9/h3-8H,2H2,1H3,(H,18,19). The van der Waals surface area contributed by atoms with E-state index in [0.29, 0.717) is 28.5 Å². The first-order valence-electron chi connectivity index (χ1n) is 6.54. The minimum Gasteiger partial charge on any atom is -0.422 e. The van der Waals surface area contributed by atoms with E-state index in [-0.39, 0.29) is 11.3 Å². The number of amides is 1. The molecular formula is C16H12FNO3. The smallest absolute Gasteiger partial charge is 0.344 e. The summed E-state index contributed by atoms with van der Waals surface area (Å²) in [7, 11) is 0. The lowest BCUT2D eigenvalue weighted by Crippen LogP contribution is -2.22. The van der Waals surface area contributed by atoms with Gasteiger partial charge in [-0.3, -0.25) is 4.79 Å². The topological polar surface area (TPSA) is 59.3 Å². The lowest BCUT2D eigenvalue weighted by molar-refractivity contribution is 0.0956. The molecule has 3 aromatic rings. The van der Waals surface area contributed by atoms with Gasteiger partial charge in [0.25, 0.3) is 5.91 Å². The van der Waals surface area contributed by atoms with Gasteiger partial charge in [0, 0.05) is 22.9 Å². The SMILES string of the molecule is CCNC(=O)c1ccc2c(c1)oc(=O)c1cc(F)ccc12. The van der Waals surface area contributed by atoms with E-state index < -0.39 is 11.4 Å². The fourth-order valence-electron chi connectivity index (χ4n) is 2.31. The highest BCUT2D eigenvalue weighted by Gasteiger charge is 2.11. The van der Waals surface area contributed by atoms with Crippen molar-refractivity contribution in [2.45, 2.75) is 6.92 Å². The fourth-order valence-corrected chi connectivity index (χ4v) is 2.31. The summed E-state index contributed by atoms with van der Waals surface area (Å²) in [5.74, 6) is -0.727. The molecule has 1 aromatic heterocycles. The van der Waals surface area contributed by atoms with Crippen LogP contribution in [-0.2, 0) is 0 Å². The number of nitrogens with one attached hydrogen (secondary N) is 1. The van der Waals surface area contributed by atoms with E-state index in [1.165, 1.54) is 18.2 Å². The third-order valence-corrected chi connectivity index (χ3v) is 3.28. The van der Waals surface area contributed by atoms with Crippen LogP contribution in [0.25, 0.3) is 21.7 Å². The average molecular weight is 285 g/mol. The van der Waals surface area contributed by atoms with Crippen molar-refractivity contribution in [1.29, 1.82) is 0 Å². The van der Waals surface area contributed by atoms with Gasteiger partial charge in [0.2, 0.25) is 0 Å². The fraction of sp³-hybridized carbons (Fsp3) is 0.125. The van der Waals surface area contributed by atoms with Gasteiger partial charge in [0.1, 0.15) is 11.4 Å². The summed E-state index contributed by atoms with van der Waals surface area (Å²) >= 11 is 0. The molecule has 0 aliphatic carbocycles. The minimum atomic E-state index is -0.620. The van der Waals surface area contributed by atoms with Crippen molar-refractivity contribution < 1.29 is 13.6 Å². The number of fused-ring (bicyclic) bond motifs is 3. The second-order valence-electron chi connectivity index (χ2n) is 4.65. The summed E-state index contributed by atoms with van der Waals surface area (Å²) in [4.78, 5) is 23.7. The number of rotatable bonds is 2. The molecule has 3 rings (SSSR count). The first-order chi connectivity index (χ1) is 10.1. The maximum atomic E-state index is 13.2. The minimum absolute atomic E-state index is 0.188. The Morgan fingerprint density at radius 3 is 2.67 bits per heavy atom. The number of carbonyl (C=O) groups excluding carboxylic acids is 1. The molecule has 0 unspecified atom stereocenters. The second kappa shape index (κ2) is 5.01. The van der Waals surface area contributed by atoms with Crippen LogP contribution < -0.4 is 10.9 Å². The highest BCUT2D eigenvalue weighted by atomic mass is 19.1. The van der Waals surface area contributed by atoms with Crippen molar-refractivity contribution in [3.63, 3.8) is 0 Å². The number of carbonyl (C=O) groups is 1. The van der Waals surface area contributed by atoms with E-state index in [2.05, 4.69) is 5.32 Å². The second-order valence-corrected chi connectivity index (χ2v) is 4.65. The first kappa shape index (κ1) is 13.3. The Labute approximate surface area is 119 Å². The predicted octanol–water partition coefficient (Wildman–Crippen LogP) is 2.84. The molecular weight excluding hydrogens is 273 g/mol. The summed E-state index contributed by atoms with van der Waals surface area (Å²) in [5.41, 5.74) is 0.0990. The number of hydrogen-bond acceptors (Lipinski definition) is 3. The molecule has 0 radical (unpaired) electrons. The molecule has 0 spiro atoms. The molecule has 1 N–H and O–H groups in total. The Hall–Kier alpha value is -2.69. The zero-order valence-corrected chi connectivity index (χ0v) is 11.3. The Morgan fingerprint density at radius 1 is 1.14 bits per heavy atom. The van der Waals surface area contributed by atoms with Crippen LogP contribution in [0.2, 0.25) is 0 Å². The maximum absolute atomic E-state index is 13.2. The highest BCUT2D eigenvalue weighted by Crippen LogP contribution is 2.24. The number of hydrogen-bond donors (Lipinski definition) is 1. The van der Waals surface area contributed by atoms with Crippen molar-refractivity contribution in [3.05, 3.63) is 58.2 Å². The van der Waals surface area contributed by atoms with Gasteiger partial charge in [-0.1, -0.05) is 6.07 Å². The quantitative estimate of drug-likeness (QED) is 0.582. The summed E-state index contributed by atoms with van der Waals surface area (Å²) in [6, 6.07) is 8.84. The Balaban J connectivity index is 2.29. The molecule has 106 valence electrons. The summed E-state index contributed by atoms with van der Waals surface area (Å²) in [6.07, 6.45) is 0. The zero-order chi connectivity index (χ0) is 15.0. The molecule has 0 saturated carbocycles. The summed E-state index contributed by atoms with van der Waals surface area (Å²) in [5, 5.41) is 4.13. The Kier molecular flexibility index (Phi) is 3.17. The number of benzene rings is 2. The monoisotopic (exact) mass is 285 g/mol. The average Bonchev–Trinajstić information content (AvgIpc) is 2.47. The Morgan fingerprint density at radius 2 is 1.90 bits per heavy atom. The highest BCUT2D eigenvalue weighted by molar-refractivity contribution is 6.06. The van der Waals surface area contributed by atoms with Gasteiger partial charge in [-0.2, -0.15) is 0 Å². The van der Waals surface area contributed by atoms with Crippen LogP contribution in [0.4, 0.5) is 4.39 Å². The molecule has 1 amide bonds. The molecule has 0 fully saturated rings. The zero-order valence-electron chi connectivity index (χ0n) is 11.3. The summed E-state index contributed by atoms with van der Waals surface area (Å²) in [6.45, 7) is 2.33. The molecule has 4 nitrogen and oxygen atoms in total. The van der Waals surface area contributed by atoms with Crippen LogP contribution >= 0.6 is 0 Å². The van der Waals surface area contributed by atoms with E-state index in [1.54, 1.807) is 12.1 Å². The predicted molar refractivity (Wildman–Crippen MR) is 78.0 cm³/mol. The first-order valence-corrected chi connectivity index (χ1v) is 6.54. The van der Waals surface area contributed by atoms with Crippen molar-refractivity contribution in [2.75, 3.05) is 6.54 Å². The van der Waals surface area contributed by atoms with Gasteiger partial charge in [-0.05, 0) is 37.3 Å². The molecule has 2 aromatic carbocycles. The van der Waals surface area contributed by atoms with Crippen molar-refractivity contribution in [2.24, 2.45) is 0 Å². The van der Waals surface area contributed by atoms with E-state index in [9.17, 15) is 14.0 Å². The molecule has 0 saturated heterocycles. The van der Waals surface area contributed by atoms with Crippen LogP contribution in [0.15, 0.2) is 45.6 Å². The largest absolute Gasteiger partial charge is 0.422 e.